The third-order valence-electron chi connectivity index (χ3n) is 2.39. The number of hydrogen-bond donors (Lipinski definition) is 2. The van der Waals surface area contributed by atoms with Crippen LogP contribution in [-0.4, -0.2) is 28.5 Å². The van der Waals surface area contributed by atoms with Crippen molar-refractivity contribution in [3.63, 3.8) is 0 Å². The van der Waals surface area contributed by atoms with Crippen molar-refractivity contribution in [1.82, 2.24) is 10.2 Å². The molecule has 2 N–H and O–H groups in total. The first kappa shape index (κ1) is 12.2. The third-order valence-corrected chi connectivity index (χ3v) is 2.75. The fourth-order valence-electron chi connectivity index (χ4n) is 1.08. The number of aliphatic hydroxyl groups excluding tert-OH is 1. The second-order valence-electron chi connectivity index (χ2n) is 3.76. The maximum absolute atomic E-state index is 8.88. The topological polar surface area (TPSA) is 58.0 Å². The normalized spacial score (nSPS) is 12.6. The van der Waals surface area contributed by atoms with Gasteiger partial charge in [-0.05, 0) is 30.9 Å². The third kappa shape index (κ3) is 3.04. The molecule has 0 fully saturated rings. The van der Waals surface area contributed by atoms with E-state index in [0.29, 0.717) is 11.7 Å². The van der Waals surface area contributed by atoms with E-state index < -0.39 is 0 Å². The summed E-state index contributed by atoms with van der Waals surface area (Å²) in [5.41, 5.74) is 1.94. The van der Waals surface area contributed by atoms with Gasteiger partial charge in [-0.3, -0.25) is 0 Å². The molecular formula is C10H16ClN3O. The first-order valence-electron chi connectivity index (χ1n) is 4.90. The van der Waals surface area contributed by atoms with Crippen molar-refractivity contribution in [3.05, 3.63) is 16.3 Å². The molecule has 0 aliphatic rings. The van der Waals surface area contributed by atoms with Crippen LogP contribution in [0.4, 0.5) is 5.82 Å². The second kappa shape index (κ2) is 5.28. The van der Waals surface area contributed by atoms with Gasteiger partial charge < -0.3 is 10.4 Å². The van der Waals surface area contributed by atoms with Crippen molar-refractivity contribution in [3.8, 4) is 0 Å². The molecule has 1 atom stereocenters. The van der Waals surface area contributed by atoms with Gasteiger partial charge in [-0.2, -0.15) is 0 Å². The van der Waals surface area contributed by atoms with E-state index in [1.807, 2.05) is 20.8 Å². The summed E-state index contributed by atoms with van der Waals surface area (Å²) in [5.74, 6) is 0.930. The minimum absolute atomic E-state index is 0.159. The molecule has 0 aliphatic heterocycles. The number of halogens is 1. The fraction of sp³-hybridized carbons (Fsp3) is 0.600. The summed E-state index contributed by atoms with van der Waals surface area (Å²) in [4.78, 5) is 0. The molecule has 0 saturated carbocycles. The lowest BCUT2D eigenvalue weighted by molar-refractivity contribution is 0.244. The van der Waals surface area contributed by atoms with Crippen LogP contribution in [0, 0.1) is 19.8 Å². The summed E-state index contributed by atoms with van der Waals surface area (Å²) in [6.07, 6.45) is 0. The highest BCUT2D eigenvalue weighted by atomic mass is 35.5. The standard InChI is InChI=1S/C10H16ClN3O/c1-6(5-15)4-12-10-8(3)7(2)9(11)13-14-10/h6,15H,4-5H2,1-3H3,(H,12,14). The van der Waals surface area contributed by atoms with Crippen molar-refractivity contribution >= 4 is 17.4 Å². The molecule has 0 bridgehead atoms. The van der Waals surface area contributed by atoms with Gasteiger partial charge in [-0.1, -0.05) is 18.5 Å². The van der Waals surface area contributed by atoms with Gasteiger partial charge in [-0.25, -0.2) is 0 Å². The molecule has 0 spiro atoms. The Kier molecular flexibility index (Phi) is 4.29. The Bertz CT molecular complexity index is 344. The average Bonchev–Trinajstić information content (AvgIpc) is 2.24. The van der Waals surface area contributed by atoms with E-state index in [1.165, 1.54) is 0 Å². The van der Waals surface area contributed by atoms with Gasteiger partial charge in [0.2, 0.25) is 0 Å². The molecule has 0 amide bonds. The van der Waals surface area contributed by atoms with Gasteiger partial charge in [0.05, 0.1) is 0 Å². The molecule has 1 aromatic rings. The number of aliphatic hydroxyl groups is 1. The summed E-state index contributed by atoms with van der Waals surface area (Å²) in [7, 11) is 0. The maximum atomic E-state index is 8.88. The summed E-state index contributed by atoms with van der Waals surface area (Å²) >= 11 is 5.83. The number of hydrogen-bond acceptors (Lipinski definition) is 4. The van der Waals surface area contributed by atoms with E-state index in [-0.39, 0.29) is 12.5 Å². The van der Waals surface area contributed by atoms with Crippen LogP contribution in [-0.2, 0) is 0 Å². The van der Waals surface area contributed by atoms with Crippen LogP contribution < -0.4 is 5.32 Å². The lowest BCUT2D eigenvalue weighted by atomic mass is 10.1. The van der Waals surface area contributed by atoms with Crippen molar-refractivity contribution in [2.45, 2.75) is 20.8 Å². The van der Waals surface area contributed by atoms with Crippen LogP contribution in [0.15, 0.2) is 0 Å². The smallest absolute Gasteiger partial charge is 0.155 e. The van der Waals surface area contributed by atoms with E-state index in [2.05, 4.69) is 15.5 Å². The Hall–Kier alpha value is -0.870. The largest absolute Gasteiger partial charge is 0.396 e. The molecule has 1 rings (SSSR count). The lowest BCUT2D eigenvalue weighted by Crippen LogP contribution is -2.16. The Labute approximate surface area is 94.7 Å². The van der Waals surface area contributed by atoms with Crippen LogP contribution in [0.5, 0.6) is 0 Å². The second-order valence-corrected chi connectivity index (χ2v) is 4.12. The minimum atomic E-state index is 0.159. The van der Waals surface area contributed by atoms with Gasteiger partial charge in [0.1, 0.15) is 0 Å². The molecule has 4 nitrogen and oxygen atoms in total. The number of nitrogens with zero attached hydrogens (tertiary/aromatic N) is 2. The first-order chi connectivity index (χ1) is 7.06. The van der Waals surface area contributed by atoms with E-state index in [9.17, 15) is 0 Å². The van der Waals surface area contributed by atoms with E-state index >= 15 is 0 Å². The highest BCUT2D eigenvalue weighted by molar-refractivity contribution is 6.30. The number of aromatic nitrogens is 2. The van der Waals surface area contributed by atoms with E-state index in [1.54, 1.807) is 0 Å². The maximum Gasteiger partial charge on any atom is 0.155 e. The van der Waals surface area contributed by atoms with Crippen molar-refractivity contribution in [1.29, 1.82) is 0 Å². The Balaban J connectivity index is 2.74. The number of nitrogens with one attached hydrogen (secondary N) is 1. The highest BCUT2D eigenvalue weighted by Gasteiger charge is 2.08. The van der Waals surface area contributed by atoms with Gasteiger partial charge in [0.25, 0.3) is 0 Å². The van der Waals surface area contributed by atoms with Crippen molar-refractivity contribution in [2.24, 2.45) is 5.92 Å². The minimum Gasteiger partial charge on any atom is -0.396 e. The molecule has 84 valence electrons. The number of anilines is 1. The number of rotatable bonds is 4. The Morgan fingerprint density at radius 2 is 2.00 bits per heavy atom. The molecule has 0 radical (unpaired) electrons. The molecule has 5 heteroatoms. The Morgan fingerprint density at radius 3 is 2.60 bits per heavy atom. The lowest BCUT2D eigenvalue weighted by Gasteiger charge is -2.12. The molecular weight excluding hydrogens is 214 g/mol. The SMILES string of the molecule is Cc1c(Cl)nnc(NCC(C)CO)c1C. The van der Waals surface area contributed by atoms with Crippen LogP contribution in [0.3, 0.4) is 0 Å². The quantitative estimate of drug-likeness (QED) is 0.827. The summed E-state index contributed by atoms with van der Waals surface area (Å²) in [5, 5.41) is 20.3. The zero-order valence-electron chi connectivity index (χ0n) is 9.21. The zero-order chi connectivity index (χ0) is 11.4. The van der Waals surface area contributed by atoms with Gasteiger partial charge in [0, 0.05) is 13.2 Å². The molecule has 0 aliphatic carbocycles. The summed E-state index contributed by atoms with van der Waals surface area (Å²) in [6, 6.07) is 0. The average molecular weight is 230 g/mol. The highest BCUT2D eigenvalue weighted by Crippen LogP contribution is 2.20. The van der Waals surface area contributed by atoms with Gasteiger partial charge in [-0.15, -0.1) is 10.2 Å². The van der Waals surface area contributed by atoms with E-state index in [4.69, 9.17) is 16.7 Å². The predicted octanol–water partition coefficient (Wildman–Crippen LogP) is 1.79. The van der Waals surface area contributed by atoms with Gasteiger partial charge in [0.15, 0.2) is 11.0 Å². The van der Waals surface area contributed by atoms with Crippen LogP contribution in [0.25, 0.3) is 0 Å². The van der Waals surface area contributed by atoms with Crippen molar-refractivity contribution < 1.29 is 5.11 Å². The fourth-order valence-corrected chi connectivity index (χ4v) is 1.26. The molecule has 0 aromatic carbocycles. The van der Waals surface area contributed by atoms with Crippen LogP contribution in [0.2, 0.25) is 5.15 Å². The summed E-state index contributed by atoms with van der Waals surface area (Å²) in [6.45, 7) is 6.65. The molecule has 1 aromatic heterocycles. The molecule has 15 heavy (non-hydrogen) atoms. The zero-order valence-corrected chi connectivity index (χ0v) is 9.97. The predicted molar refractivity (Wildman–Crippen MR) is 61.3 cm³/mol. The molecule has 1 heterocycles. The molecule has 1 unspecified atom stereocenters. The van der Waals surface area contributed by atoms with E-state index in [0.717, 1.165) is 16.9 Å². The molecule has 0 saturated heterocycles. The van der Waals surface area contributed by atoms with Crippen molar-refractivity contribution in [2.75, 3.05) is 18.5 Å². The van der Waals surface area contributed by atoms with Crippen LogP contribution in [0.1, 0.15) is 18.1 Å². The first-order valence-corrected chi connectivity index (χ1v) is 5.28. The summed E-state index contributed by atoms with van der Waals surface area (Å²) < 4.78 is 0. The van der Waals surface area contributed by atoms with Crippen LogP contribution >= 0.6 is 11.6 Å². The Morgan fingerprint density at radius 1 is 1.33 bits per heavy atom. The van der Waals surface area contributed by atoms with Gasteiger partial charge >= 0.3 is 0 Å². The monoisotopic (exact) mass is 229 g/mol.